The maximum absolute atomic E-state index is 13.0. The fourth-order valence-corrected chi connectivity index (χ4v) is 2.33. The summed E-state index contributed by atoms with van der Waals surface area (Å²) in [4.78, 5) is 23.8. The Morgan fingerprint density at radius 2 is 1.86 bits per heavy atom. The predicted molar refractivity (Wildman–Crippen MR) is 68.9 cm³/mol. The average molecular weight is 299 g/mol. The lowest BCUT2D eigenvalue weighted by Gasteiger charge is -2.48. The lowest BCUT2D eigenvalue weighted by Crippen LogP contribution is -2.67. The van der Waals surface area contributed by atoms with Crippen LogP contribution in [0, 0.1) is 0 Å². The fourth-order valence-electron chi connectivity index (χ4n) is 2.33. The first-order chi connectivity index (χ1) is 9.77. The zero-order valence-corrected chi connectivity index (χ0v) is 11.4. The minimum atomic E-state index is -3.06. The highest BCUT2D eigenvalue weighted by Gasteiger charge is 2.65. The Labute approximate surface area is 120 Å². The van der Waals surface area contributed by atoms with Gasteiger partial charge in [-0.05, 0) is 5.56 Å². The van der Waals surface area contributed by atoms with E-state index in [0.29, 0.717) is 0 Å². The summed E-state index contributed by atoms with van der Waals surface area (Å²) < 4.78 is 31.0. The normalized spacial score (nSPS) is 18.4. The number of benzene rings is 1. The molecule has 1 N–H and O–H groups in total. The third-order valence-electron chi connectivity index (χ3n) is 3.62. The molecule has 0 atom stereocenters. The molecule has 0 spiro atoms. The van der Waals surface area contributed by atoms with Gasteiger partial charge in [0.1, 0.15) is 6.61 Å². The Kier molecular flexibility index (Phi) is 3.85. The molecule has 0 radical (unpaired) electrons. The van der Waals surface area contributed by atoms with Crippen molar-refractivity contribution in [1.29, 1.82) is 0 Å². The van der Waals surface area contributed by atoms with Crippen LogP contribution in [0.3, 0.4) is 0 Å². The number of likely N-dealkylation sites (N-methyl/N-ethyl adjacent to an activating group) is 1. The maximum atomic E-state index is 13.0. The van der Waals surface area contributed by atoms with Crippen LogP contribution in [0.4, 0.5) is 13.6 Å². The van der Waals surface area contributed by atoms with Gasteiger partial charge in [0.25, 0.3) is 5.92 Å². The van der Waals surface area contributed by atoms with E-state index in [-0.39, 0.29) is 6.61 Å². The number of carbonyl (C=O) groups is 2. The van der Waals surface area contributed by atoms with Crippen molar-refractivity contribution >= 4 is 12.1 Å². The van der Waals surface area contributed by atoms with Crippen molar-refractivity contribution in [1.82, 2.24) is 4.90 Å². The van der Waals surface area contributed by atoms with Crippen LogP contribution in [-0.2, 0) is 16.1 Å². The molecule has 1 saturated carbocycles. The third kappa shape index (κ3) is 2.96. The molecule has 1 aliphatic rings. The summed E-state index contributed by atoms with van der Waals surface area (Å²) >= 11 is 0. The Balaban J connectivity index is 2.00. The van der Waals surface area contributed by atoms with Crippen molar-refractivity contribution < 1.29 is 28.2 Å². The van der Waals surface area contributed by atoms with Gasteiger partial charge >= 0.3 is 12.1 Å². The van der Waals surface area contributed by atoms with E-state index in [1.807, 2.05) is 0 Å². The molecule has 0 unspecified atom stereocenters. The summed E-state index contributed by atoms with van der Waals surface area (Å²) in [5, 5.41) is 9.14. The van der Waals surface area contributed by atoms with E-state index >= 15 is 0 Å². The van der Waals surface area contributed by atoms with E-state index < -0.39 is 36.4 Å². The fraction of sp³-hybridized carbons (Fsp3) is 0.429. The zero-order valence-electron chi connectivity index (χ0n) is 11.4. The van der Waals surface area contributed by atoms with Crippen LogP contribution in [-0.4, -0.2) is 40.6 Å². The van der Waals surface area contributed by atoms with Crippen LogP contribution in [0.1, 0.15) is 18.4 Å². The van der Waals surface area contributed by atoms with Gasteiger partial charge < -0.3 is 9.84 Å². The number of aliphatic carboxylic acids is 1. The van der Waals surface area contributed by atoms with E-state index in [2.05, 4.69) is 0 Å². The predicted octanol–water partition coefficient (Wildman–Crippen LogP) is 2.51. The number of alkyl halides is 2. The molecule has 5 nitrogen and oxygen atoms in total. The van der Waals surface area contributed by atoms with Crippen molar-refractivity contribution in [2.24, 2.45) is 0 Å². The summed E-state index contributed by atoms with van der Waals surface area (Å²) in [5.74, 6) is -4.51. The van der Waals surface area contributed by atoms with Crippen LogP contribution in [0.15, 0.2) is 30.3 Å². The topological polar surface area (TPSA) is 66.8 Å². The molecule has 2 rings (SSSR count). The number of nitrogens with zero attached hydrogens (tertiary/aromatic N) is 1. The molecule has 21 heavy (non-hydrogen) atoms. The van der Waals surface area contributed by atoms with Gasteiger partial charge in [0.05, 0.1) is 0 Å². The molecular weight excluding hydrogens is 284 g/mol. The number of halogens is 2. The molecule has 0 aliphatic heterocycles. The van der Waals surface area contributed by atoms with E-state index in [9.17, 15) is 18.4 Å². The SMILES string of the molecule is CN(C(=O)OCc1ccccc1)C1(C(=O)O)CC(F)(F)C1. The van der Waals surface area contributed by atoms with Crippen LogP contribution in [0.2, 0.25) is 0 Å². The summed E-state index contributed by atoms with van der Waals surface area (Å²) in [6, 6.07) is 8.79. The molecule has 1 amide bonds. The number of amides is 1. The van der Waals surface area contributed by atoms with Crippen LogP contribution < -0.4 is 0 Å². The Morgan fingerprint density at radius 3 is 2.33 bits per heavy atom. The van der Waals surface area contributed by atoms with Gasteiger partial charge in [0.15, 0.2) is 5.54 Å². The molecule has 0 bridgehead atoms. The smallest absolute Gasteiger partial charge is 0.410 e. The highest BCUT2D eigenvalue weighted by atomic mass is 19.3. The van der Waals surface area contributed by atoms with Crippen molar-refractivity contribution in [2.45, 2.75) is 30.9 Å². The number of carboxylic acids is 1. The molecule has 1 aromatic rings. The van der Waals surface area contributed by atoms with E-state index in [0.717, 1.165) is 17.5 Å². The van der Waals surface area contributed by atoms with Gasteiger partial charge in [-0.15, -0.1) is 0 Å². The number of carboxylic acid groups (broad SMARTS) is 1. The minimum Gasteiger partial charge on any atom is -0.479 e. The third-order valence-corrected chi connectivity index (χ3v) is 3.62. The number of carbonyl (C=O) groups excluding carboxylic acids is 1. The quantitative estimate of drug-likeness (QED) is 0.927. The second kappa shape index (κ2) is 5.31. The van der Waals surface area contributed by atoms with Gasteiger partial charge in [0, 0.05) is 19.9 Å². The summed E-state index contributed by atoms with van der Waals surface area (Å²) in [7, 11) is 1.16. The van der Waals surface area contributed by atoms with Gasteiger partial charge in [-0.1, -0.05) is 30.3 Å². The lowest BCUT2D eigenvalue weighted by atomic mass is 9.72. The number of hydrogen-bond acceptors (Lipinski definition) is 3. The van der Waals surface area contributed by atoms with Gasteiger partial charge in [-0.3, -0.25) is 4.90 Å². The van der Waals surface area contributed by atoms with Gasteiger partial charge in [0.2, 0.25) is 0 Å². The lowest BCUT2D eigenvalue weighted by molar-refractivity contribution is -0.193. The summed E-state index contributed by atoms with van der Waals surface area (Å²) in [6.45, 7) is -0.0455. The molecule has 1 fully saturated rings. The number of hydrogen-bond donors (Lipinski definition) is 1. The molecule has 0 aromatic heterocycles. The van der Waals surface area contributed by atoms with Crippen molar-refractivity contribution in [3.05, 3.63) is 35.9 Å². The molecule has 0 saturated heterocycles. The monoisotopic (exact) mass is 299 g/mol. The molecule has 114 valence electrons. The van der Waals surface area contributed by atoms with Crippen molar-refractivity contribution in [3.8, 4) is 0 Å². The van der Waals surface area contributed by atoms with Gasteiger partial charge in [-0.25, -0.2) is 18.4 Å². The van der Waals surface area contributed by atoms with Crippen LogP contribution >= 0.6 is 0 Å². The second-order valence-electron chi connectivity index (χ2n) is 5.15. The zero-order chi connectivity index (χ0) is 15.7. The second-order valence-corrected chi connectivity index (χ2v) is 5.15. The van der Waals surface area contributed by atoms with Crippen molar-refractivity contribution in [3.63, 3.8) is 0 Å². The number of ether oxygens (including phenoxy) is 1. The Bertz CT molecular complexity index is 539. The van der Waals surface area contributed by atoms with Gasteiger partial charge in [-0.2, -0.15) is 0 Å². The first kappa shape index (κ1) is 15.2. The Morgan fingerprint density at radius 1 is 1.29 bits per heavy atom. The molecular formula is C14H15F2NO4. The Hall–Kier alpha value is -2.18. The average Bonchev–Trinajstić information content (AvgIpc) is 2.41. The summed E-state index contributed by atoms with van der Waals surface area (Å²) in [6.07, 6.45) is -2.73. The highest BCUT2D eigenvalue weighted by molar-refractivity contribution is 5.85. The molecule has 7 heteroatoms. The number of rotatable bonds is 4. The van der Waals surface area contributed by atoms with Crippen LogP contribution in [0.5, 0.6) is 0 Å². The van der Waals surface area contributed by atoms with E-state index in [1.165, 1.54) is 0 Å². The first-order valence-electron chi connectivity index (χ1n) is 6.33. The molecule has 1 aliphatic carbocycles. The van der Waals surface area contributed by atoms with E-state index in [1.54, 1.807) is 30.3 Å². The van der Waals surface area contributed by atoms with Crippen LogP contribution in [0.25, 0.3) is 0 Å². The largest absolute Gasteiger partial charge is 0.479 e. The molecule has 1 aromatic carbocycles. The highest BCUT2D eigenvalue weighted by Crippen LogP contribution is 2.49. The van der Waals surface area contributed by atoms with Crippen molar-refractivity contribution in [2.75, 3.05) is 7.05 Å². The minimum absolute atomic E-state index is 0.0455. The maximum Gasteiger partial charge on any atom is 0.410 e. The summed E-state index contributed by atoms with van der Waals surface area (Å²) in [5.41, 5.74) is -1.17. The molecule has 0 heterocycles. The standard InChI is InChI=1S/C14H15F2NO4/c1-17(13(11(18)19)8-14(15,16)9-13)12(20)21-7-10-5-3-2-4-6-10/h2-6H,7-9H2,1H3,(H,18,19). The first-order valence-corrected chi connectivity index (χ1v) is 6.33. The van der Waals surface area contributed by atoms with E-state index in [4.69, 9.17) is 9.84 Å².